The number of fused-ring (bicyclic) bond motifs is 3. The van der Waals surface area contributed by atoms with Gasteiger partial charge in [-0.15, -0.1) is 11.8 Å². The highest BCUT2D eigenvalue weighted by molar-refractivity contribution is 7.98. The third-order valence-corrected chi connectivity index (χ3v) is 15.6. The van der Waals surface area contributed by atoms with Crippen LogP contribution in [0.25, 0.3) is 11.1 Å². The van der Waals surface area contributed by atoms with E-state index in [9.17, 15) is 43.5 Å². The quantitative estimate of drug-likeness (QED) is 0.0182. The third-order valence-electron chi connectivity index (χ3n) is 14.9. The van der Waals surface area contributed by atoms with Gasteiger partial charge in [-0.1, -0.05) is 125 Å². The van der Waals surface area contributed by atoms with E-state index in [4.69, 9.17) is 25.8 Å². The monoisotopic (exact) mass is 1170 g/mol. The molecule has 0 heterocycles. The molecule has 0 aliphatic heterocycles. The SMILES string of the molecule is C/C=C(\C)C(OC(=O)C(C)(C)NC(=O)OCC1c2ccccc2-c2ccccc21)C(C)C(C/C=C(\C)C(=O)NC(CC(C)C)C(=O)NC(C)C(=O)N(C)C(Cc1ccc(Cl)cc1)C(=O)N(C)CC(=O)NC(C(=O)O)C(C)CC)OCSC. The highest BCUT2D eigenvalue weighted by Crippen LogP contribution is 2.44. The van der Waals surface area contributed by atoms with Gasteiger partial charge in [0.1, 0.15) is 42.4 Å². The molecule has 3 aromatic carbocycles. The van der Waals surface area contributed by atoms with Crippen molar-refractivity contribution in [1.82, 2.24) is 31.1 Å². The van der Waals surface area contributed by atoms with Crippen molar-refractivity contribution in [3.05, 3.63) is 118 Å². The van der Waals surface area contributed by atoms with Crippen molar-refractivity contribution >= 4 is 70.9 Å². The zero-order valence-electron chi connectivity index (χ0n) is 49.9. The maximum absolute atomic E-state index is 14.2. The molecule has 1 aliphatic carbocycles. The number of allylic oxidation sites excluding steroid dienone is 1. The summed E-state index contributed by atoms with van der Waals surface area (Å²) in [6, 6.07) is 18.1. The van der Waals surface area contributed by atoms with E-state index in [-0.39, 0.29) is 49.2 Å². The maximum atomic E-state index is 14.2. The molecule has 4 rings (SSSR count). The number of ether oxygens (including phenoxy) is 3. The van der Waals surface area contributed by atoms with Crippen LogP contribution >= 0.6 is 23.4 Å². The third kappa shape index (κ3) is 18.9. The zero-order chi connectivity index (χ0) is 61.2. The van der Waals surface area contributed by atoms with Crippen LogP contribution in [0.15, 0.2) is 96.1 Å². The molecule has 18 nitrogen and oxygen atoms in total. The largest absolute Gasteiger partial charge is 0.480 e. The molecule has 0 bridgehead atoms. The number of hydrogen-bond acceptors (Lipinski definition) is 12. The number of nitrogens with zero attached hydrogens (tertiary/aromatic N) is 2. The second kappa shape index (κ2) is 31.7. The molecule has 6 amide bonds. The lowest BCUT2D eigenvalue weighted by molar-refractivity contribution is -0.158. The van der Waals surface area contributed by atoms with Gasteiger partial charge in [-0.2, -0.15) is 0 Å². The summed E-state index contributed by atoms with van der Waals surface area (Å²) in [6.07, 6.45) is 4.19. The summed E-state index contributed by atoms with van der Waals surface area (Å²) in [7, 11) is 2.80. The number of thioether (sulfide) groups is 1. The van der Waals surface area contributed by atoms with Crippen molar-refractivity contribution in [3.8, 4) is 11.1 Å². The smallest absolute Gasteiger partial charge is 0.408 e. The van der Waals surface area contributed by atoms with Gasteiger partial charge < -0.3 is 50.4 Å². The van der Waals surface area contributed by atoms with E-state index < -0.39 is 102 Å². The van der Waals surface area contributed by atoms with Crippen LogP contribution in [0.4, 0.5) is 4.79 Å². The molecular formula is C62H85ClN6O12S. The number of likely N-dealkylation sites (N-methyl/N-ethyl adjacent to an activating group) is 2. The maximum Gasteiger partial charge on any atom is 0.408 e. The van der Waals surface area contributed by atoms with E-state index in [1.807, 2.05) is 95.5 Å². The number of carboxylic acids is 1. The second-order valence-corrected chi connectivity index (χ2v) is 23.4. The molecule has 0 aromatic heterocycles. The minimum absolute atomic E-state index is 0.0111. The summed E-state index contributed by atoms with van der Waals surface area (Å²) in [5.74, 6) is -5.81. The number of esters is 1. The van der Waals surface area contributed by atoms with E-state index in [0.29, 0.717) is 22.9 Å². The van der Waals surface area contributed by atoms with E-state index in [1.165, 1.54) is 37.7 Å². The Balaban J connectivity index is 1.44. The molecule has 448 valence electrons. The van der Waals surface area contributed by atoms with Crippen LogP contribution in [-0.2, 0) is 54.2 Å². The molecule has 0 saturated heterocycles. The Labute approximate surface area is 493 Å². The molecule has 0 fully saturated rings. The predicted molar refractivity (Wildman–Crippen MR) is 320 cm³/mol. The number of halogens is 1. The first-order chi connectivity index (χ1) is 38.6. The normalized spacial score (nSPS) is 15.5. The fourth-order valence-electron chi connectivity index (χ4n) is 9.65. The number of amides is 6. The Morgan fingerprint density at radius 1 is 0.841 bits per heavy atom. The van der Waals surface area contributed by atoms with E-state index in [2.05, 4.69) is 21.3 Å². The van der Waals surface area contributed by atoms with Crippen molar-refractivity contribution in [1.29, 1.82) is 0 Å². The first-order valence-corrected chi connectivity index (χ1v) is 29.6. The number of benzene rings is 3. The number of alkyl carbamates (subject to hydrolysis) is 1. The molecule has 3 aromatic rings. The molecule has 0 saturated carbocycles. The average Bonchev–Trinajstić information content (AvgIpc) is 3.96. The average molecular weight is 1170 g/mol. The van der Waals surface area contributed by atoms with Crippen molar-refractivity contribution < 1.29 is 57.7 Å². The summed E-state index contributed by atoms with van der Waals surface area (Å²) in [5.41, 5.74) is 4.45. The molecular weight excluding hydrogens is 1090 g/mol. The fourth-order valence-corrected chi connectivity index (χ4v) is 10.1. The number of aliphatic carboxylic acids is 1. The van der Waals surface area contributed by atoms with Crippen molar-refractivity contribution in [2.75, 3.05) is 39.4 Å². The first-order valence-electron chi connectivity index (χ1n) is 27.8. The Bertz CT molecular complexity index is 2740. The van der Waals surface area contributed by atoms with Gasteiger partial charge in [-0.05, 0) is 118 Å². The van der Waals surface area contributed by atoms with Gasteiger partial charge in [0.15, 0.2) is 0 Å². The highest BCUT2D eigenvalue weighted by Gasteiger charge is 2.39. The number of carbonyl (C=O) groups excluding carboxylic acids is 7. The molecule has 0 spiro atoms. The molecule has 5 N–H and O–H groups in total. The Morgan fingerprint density at radius 3 is 1.99 bits per heavy atom. The lowest BCUT2D eigenvalue weighted by Crippen LogP contribution is -2.57. The van der Waals surface area contributed by atoms with E-state index >= 15 is 0 Å². The zero-order valence-corrected chi connectivity index (χ0v) is 51.5. The van der Waals surface area contributed by atoms with Crippen LogP contribution in [0.1, 0.15) is 118 Å². The van der Waals surface area contributed by atoms with Crippen LogP contribution in [0.3, 0.4) is 0 Å². The topological polar surface area (TPSA) is 239 Å². The van der Waals surface area contributed by atoms with Gasteiger partial charge >= 0.3 is 18.0 Å². The van der Waals surface area contributed by atoms with Gasteiger partial charge in [-0.3, -0.25) is 24.0 Å². The molecule has 8 atom stereocenters. The van der Waals surface area contributed by atoms with Gasteiger partial charge in [0.25, 0.3) is 0 Å². The summed E-state index contributed by atoms with van der Waals surface area (Å²) >= 11 is 7.60. The number of rotatable bonds is 30. The lowest BCUT2D eigenvalue weighted by atomic mass is 9.90. The van der Waals surface area contributed by atoms with Gasteiger partial charge in [-0.25, -0.2) is 14.4 Å². The van der Waals surface area contributed by atoms with E-state index in [1.54, 1.807) is 65.0 Å². The molecule has 8 unspecified atom stereocenters. The Hall–Kier alpha value is -6.70. The molecule has 20 heteroatoms. The summed E-state index contributed by atoms with van der Waals surface area (Å²) < 4.78 is 18.3. The van der Waals surface area contributed by atoms with Crippen molar-refractivity contribution in [2.24, 2.45) is 17.8 Å². The minimum atomic E-state index is -1.50. The van der Waals surface area contributed by atoms with Crippen LogP contribution in [0.2, 0.25) is 5.02 Å². The molecule has 82 heavy (non-hydrogen) atoms. The van der Waals surface area contributed by atoms with Crippen molar-refractivity contribution in [3.63, 3.8) is 0 Å². The summed E-state index contributed by atoms with van der Waals surface area (Å²) in [4.78, 5) is 111. The molecule has 1 aliphatic rings. The standard InChI is InChI=1S/C62H85ClN6O12S/c1-15-37(5)53(59(75)76)66-52(70)33-68(12)58(74)50(32-42-26-28-43(63)29-27-42)69(13)57(73)41(9)64-56(72)49(31-36(3)4)65-55(71)39(7)25-30-51(80-35-82-14)40(8)54(38(6)16-2)81-60(77)62(10,11)67-61(78)79-34-48-46-23-19-17-21-44(46)45-22-18-20-24-47(45)48/h16-29,36-37,40-41,48-51,53-54H,15,30-35H2,1-14H3,(H,64,72)(H,65,71)(H,66,70)(H,67,78)(H,75,76)/b38-16+,39-25+. The number of hydrogen-bond donors (Lipinski definition) is 5. The number of nitrogens with one attached hydrogen (secondary N) is 4. The summed E-state index contributed by atoms with van der Waals surface area (Å²) in [6.45, 7) is 18.6. The molecule has 0 radical (unpaired) electrons. The predicted octanol–water partition coefficient (Wildman–Crippen LogP) is 8.69. The minimum Gasteiger partial charge on any atom is -0.480 e. The highest BCUT2D eigenvalue weighted by atomic mass is 35.5. The van der Waals surface area contributed by atoms with Crippen LogP contribution in [0, 0.1) is 17.8 Å². The Morgan fingerprint density at radius 2 is 1.44 bits per heavy atom. The van der Waals surface area contributed by atoms with Crippen LogP contribution in [-0.4, -0.2) is 144 Å². The van der Waals surface area contributed by atoms with Crippen molar-refractivity contribution in [2.45, 2.75) is 150 Å². The number of carboxylic acid groups (broad SMARTS) is 1. The van der Waals surface area contributed by atoms with E-state index in [0.717, 1.165) is 32.7 Å². The van der Waals surface area contributed by atoms with Gasteiger partial charge in [0, 0.05) is 42.9 Å². The van der Waals surface area contributed by atoms with Gasteiger partial charge in [0.05, 0.1) is 18.6 Å². The Kier molecular flexibility index (Phi) is 26.2. The lowest BCUT2D eigenvalue weighted by Gasteiger charge is -2.34. The second-order valence-electron chi connectivity index (χ2n) is 22.2. The summed E-state index contributed by atoms with van der Waals surface area (Å²) in [5, 5.41) is 21.0. The number of carbonyl (C=O) groups is 8. The van der Waals surface area contributed by atoms with Crippen LogP contribution in [0.5, 0.6) is 0 Å². The van der Waals surface area contributed by atoms with Gasteiger partial charge in [0.2, 0.25) is 29.5 Å². The fraction of sp³-hybridized carbons (Fsp3) is 0.516. The first kappa shape index (κ1) is 67.8. The van der Waals surface area contributed by atoms with Crippen LogP contribution < -0.4 is 21.3 Å².